The van der Waals surface area contributed by atoms with Gasteiger partial charge in [-0.05, 0) is 37.0 Å². The van der Waals surface area contributed by atoms with Crippen LogP contribution in [0.2, 0.25) is 0 Å². The Morgan fingerprint density at radius 1 is 1.47 bits per heavy atom. The average molecular weight is 280 g/mol. The topological polar surface area (TPSA) is 46.3 Å². The number of amides is 1. The van der Waals surface area contributed by atoms with Gasteiger partial charge in [0.2, 0.25) is 5.91 Å². The molecule has 1 aliphatic rings. The maximum absolute atomic E-state index is 13.1. The van der Waals surface area contributed by atoms with E-state index in [1.165, 1.54) is 12.1 Å². The lowest BCUT2D eigenvalue weighted by molar-refractivity contribution is -0.132. The third-order valence-electron chi connectivity index (χ3n) is 3.40. The van der Waals surface area contributed by atoms with Crippen molar-refractivity contribution in [3.63, 3.8) is 0 Å². The smallest absolute Gasteiger partial charge is 0.227 e. The van der Waals surface area contributed by atoms with Gasteiger partial charge in [-0.2, -0.15) is 0 Å². The van der Waals surface area contributed by atoms with Gasteiger partial charge < -0.3 is 10.6 Å². The van der Waals surface area contributed by atoms with Crippen molar-refractivity contribution in [2.24, 2.45) is 5.73 Å². The van der Waals surface area contributed by atoms with Gasteiger partial charge in [0, 0.05) is 6.54 Å². The quantitative estimate of drug-likeness (QED) is 0.862. The van der Waals surface area contributed by atoms with E-state index in [4.69, 9.17) is 18.0 Å². The highest BCUT2D eigenvalue weighted by Crippen LogP contribution is 2.19. The van der Waals surface area contributed by atoms with E-state index in [-0.39, 0.29) is 24.2 Å². The molecule has 3 nitrogen and oxygen atoms in total. The number of carbonyl (C=O) groups excluding carboxylic acids is 1. The lowest BCUT2D eigenvalue weighted by Crippen LogP contribution is -2.50. The van der Waals surface area contributed by atoms with Crippen LogP contribution in [-0.4, -0.2) is 28.4 Å². The van der Waals surface area contributed by atoms with Crippen molar-refractivity contribution in [2.75, 3.05) is 6.54 Å². The standard InChI is InChI=1S/C14H17FN2OS/c15-11-5-3-4-10(8-11)9-13(18)17-7-2-1-6-12(17)14(16)19/h3-5,8,12H,1-2,6-7,9H2,(H2,16,19). The summed E-state index contributed by atoms with van der Waals surface area (Å²) in [5.41, 5.74) is 6.37. The minimum absolute atomic E-state index is 0.0388. The Morgan fingerprint density at radius 2 is 2.26 bits per heavy atom. The molecule has 1 saturated heterocycles. The lowest BCUT2D eigenvalue weighted by atomic mass is 10.0. The summed E-state index contributed by atoms with van der Waals surface area (Å²) in [6, 6.07) is 5.97. The molecular weight excluding hydrogens is 263 g/mol. The zero-order valence-corrected chi connectivity index (χ0v) is 11.5. The van der Waals surface area contributed by atoms with Gasteiger partial charge in [0.25, 0.3) is 0 Å². The van der Waals surface area contributed by atoms with Gasteiger partial charge in [0.15, 0.2) is 0 Å². The van der Waals surface area contributed by atoms with Crippen molar-refractivity contribution < 1.29 is 9.18 Å². The predicted octanol–water partition coefficient (Wildman–Crippen LogP) is 2.04. The van der Waals surface area contributed by atoms with Crippen molar-refractivity contribution in [1.82, 2.24) is 4.90 Å². The third kappa shape index (κ3) is 3.50. The Hall–Kier alpha value is -1.49. The molecule has 1 unspecified atom stereocenters. The molecule has 2 N–H and O–H groups in total. The number of carbonyl (C=O) groups is 1. The van der Waals surface area contributed by atoms with Gasteiger partial charge in [0.05, 0.1) is 17.5 Å². The van der Waals surface area contributed by atoms with E-state index < -0.39 is 0 Å². The monoisotopic (exact) mass is 280 g/mol. The van der Waals surface area contributed by atoms with E-state index in [0.29, 0.717) is 17.1 Å². The van der Waals surface area contributed by atoms with Crippen LogP contribution < -0.4 is 5.73 Å². The van der Waals surface area contributed by atoms with E-state index >= 15 is 0 Å². The first kappa shape index (κ1) is 13.9. The van der Waals surface area contributed by atoms with Gasteiger partial charge in [-0.15, -0.1) is 0 Å². The minimum Gasteiger partial charge on any atom is -0.392 e. The summed E-state index contributed by atoms with van der Waals surface area (Å²) in [5.74, 6) is -0.363. The van der Waals surface area contributed by atoms with Crippen LogP contribution in [0.25, 0.3) is 0 Å². The van der Waals surface area contributed by atoms with Crippen molar-refractivity contribution in [3.8, 4) is 0 Å². The molecule has 1 amide bonds. The highest BCUT2D eigenvalue weighted by atomic mass is 32.1. The molecule has 102 valence electrons. The molecule has 0 spiro atoms. The average Bonchev–Trinajstić information content (AvgIpc) is 2.38. The van der Waals surface area contributed by atoms with E-state index in [1.807, 2.05) is 0 Å². The van der Waals surface area contributed by atoms with Gasteiger partial charge >= 0.3 is 0 Å². The van der Waals surface area contributed by atoms with Crippen molar-refractivity contribution in [2.45, 2.75) is 31.7 Å². The lowest BCUT2D eigenvalue weighted by Gasteiger charge is -2.35. The molecule has 0 bridgehead atoms. The normalized spacial score (nSPS) is 19.2. The molecule has 1 heterocycles. The molecule has 1 aromatic rings. The van der Waals surface area contributed by atoms with Crippen LogP contribution in [0.5, 0.6) is 0 Å². The highest BCUT2D eigenvalue weighted by Gasteiger charge is 2.28. The molecule has 2 rings (SSSR count). The van der Waals surface area contributed by atoms with Crippen LogP contribution in [0.4, 0.5) is 4.39 Å². The Kier molecular flexibility index (Phi) is 4.47. The first-order valence-corrected chi connectivity index (χ1v) is 6.82. The fourth-order valence-corrected chi connectivity index (χ4v) is 2.69. The van der Waals surface area contributed by atoms with E-state index in [2.05, 4.69) is 0 Å². The predicted molar refractivity (Wildman–Crippen MR) is 76.2 cm³/mol. The van der Waals surface area contributed by atoms with Gasteiger partial charge in [-0.1, -0.05) is 24.4 Å². The number of nitrogens with two attached hydrogens (primary N) is 1. The molecule has 0 radical (unpaired) electrons. The molecule has 0 aliphatic carbocycles. The molecule has 1 aliphatic heterocycles. The van der Waals surface area contributed by atoms with Crippen molar-refractivity contribution in [1.29, 1.82) is 0 Å². The number of likely N-dealkylation sites (tertiary alicyclic amines) is 1. The fraction of sp³-hybridized carbons (Fsp3) is 0.429. The number of rotatable bonds is 3. The Labute approximate surface area is 117 Å². The van der Waals surface area contributed by atoms with E-state index in [9.17, 15) is 9.18 Å². The minimum atomic E-state index is -0.324. The van der Waals surface area contributed by atoms with Crippen LogP contribution in [0, 0.1) is 5.82 Å². The second kappa shape index (κ2) is 6.10. The first-order chi connectivity index (χ1) is 9.08. The number of hydrogen-bond donors (Lipinski definition) is 1. The summed E-state index contributed by atoms with van der Waals surface area (Å²) in [6.07, 6.45) is 3.01. The second-order valence-electron chi connectivity index (χ2n) is 4.81. The largest absolute Gasteiger partial charge is 0.392 e. The number of halogens is 1. The Balaban J connectivity index is 2.07. The van der Waals surface area contributed by atoms with Crippen LogP contribution in [0.1, 0.15) is 24.8 Å². The fourth-order valence-electron chi connectivity index (χ4n) is 2.45. The number of piperidine rings is 1. The molecule has 0 aromatic heterocycles. The number of benzene rings is 1. The second-order valence-corrected chi connectivity index (χ2v) is 5.28. The highest BCUT2D eigenvalue weighted by molar-refractivity contribution is 7.80. The summed E-state index contributed by atoms with van der Waals surface area (Å²) in [7, 11) is 0. The van der Waals surface area contributed by atoms with Crippen molar-refractivity contribution >= 4 is 23.1 Å². The molecule has 1 atom stereocenters. The third-order valence-corrected chi connectivity index (χ3v) is 3.67. The zero-order chi connectivity index (χ0) is 13.8. The zero-order valence-electron chi connectivity index (χ0n) is 10.6. The van der Waals surface area contributed by atoms with Crippen LogP contribution in [0.15, 0.2) is 24.3 Å². The van der Waals surface area contributed by atoms with Crippen LogP contribution in [-0.2, 0) is 11.2 Å². The van der Waals surface area contributed by atoms with Gasteiger partial charge in [0.1, 0.15) is 5.82 Å². The Morgan fingerprint density at radius 3 is 2.95 bits per heavy atom. The molecule has 5 heteroatoms. The summed E-state index contributed by atoms with van der Waals surface area (Å²) >= 11 is 5.02. The molecule has 19 heavy (non-hydrogen) atoms. The maximum Gasteiger partial charge on any atom is 0.227 e. The Bertz CT molecular complexity index is 492. The van der Waals surface area contributed by atoms with Crippen molar-refractivity contribution in [3.05, 3.63) is 35.6 Å². The van der Waals surface area contributed by atoms with Gasteiger partial charge in [-0.25, -0.2) is 4.39 Å². The van der Waals surface area contributed by atoms with E-state index in [1.54, 1.807) is 17.0 Å². The molecule has 1 aromatic carbocycles. The molecule has 1 fully saturated rings. The summed E-state index contributed by atoms with van der Waals surface area (Å²) in [6.45, 7) is 0.677. The number of nitrogens with zero attached hydrogens (tertiary/aromatic N) is 1. The molecular formula is C14H17FN2OS. The maximum atomic E-state index is 13.1. The molecule has 0 saturated carbocycles. The number of hydrogen-bond acceptors (Lipinski definition) is 2. The first-order valence-electron chi connectivity index (χ1n) is 6.41. The van der Waals surface area contributed by atoms with E-state index in [0.717, 1.165) is 19.3 Å². The van der Waals surface area contributed by atoms with Crippen LogP contribution in [0.3, 0.4) is 0 Å². The van der Waals surface area contributed by atoms with Gasteiger partial charge in [-0.3, -0.25) is 4.79 Å². The summed E-state index contributed by atoms with van der Waals surface area (Å²) in [5, 5.41) is 0. The number of thiocarbonyl (C=S) groups is 1. The summed E-state index contributed by atoms with van der Waals surface area (Å²) < 4.78 is 13.1. The van der Waals surface area contributed by atoms with Crippen LogP contribution >= 0.6 is 12.2 Å². The SMILES string of the molecule is NC(=S)C1CCCCN1C(=O)Cc1cccc(F)c1. The summed E-state index contributed by atoms with van der Waals surface area (Å²) in [4.78, 5) is 14.4.